The largest absolute Gasteiger partial charge is 0.486 e. The van der Waals surface area contributed by atoms with E-state index in [0.29, 0.717) is 18.9 Å². The van der Waals surface area contributed by atoms with Gasteiger partial charge in [-0.2, -0.15) is 0 Å². The molecule has 1 saturated heterocycles. The zero-order valence-corrected chi connectivity index (χ0v) is 17.2. The lowest BCUT2D eigenvalue weighted by Crippen LogP contribution is -2.25. The van der Waals surface area contributed by atoms with Gasteiger partial charge in [-0.05, 0) is 42.2 Å². The molecule has 0 aliphatic carbocycles. The van der Waals surface area contributed by atoms with E-state index in [1.54, 1.807) is 0 Å². The number of aromatic nitrogens is 2. The van der Waals surface area contributed by atoms with Gasteiger partial charge in [-0.3, -0.25) is 14.9 Å². The first-order valence-corrected chi connectivity index (χ1v) is 10.5. The number of para-hydroxylation sites is 2. The third kappa shape index (κ3) is 4.45. The molecule has 3 aromatic rings. The lowest BCUT2D eigenvalue weighted by molar-refractivity contribution is -0.118. The molecule has 4 rings (SSSR count). The third-order valence-corrected chi connectivity index (χ3v) is 5.74. The second-order valence-electron chi connectivity index (χ2n) is 7.54. The van der Waals surface area contributed by atoms with Gasteiger partial charge in [0.15, 0.2) is 0 Å². The van der Waals surface area contributed by atoms with Crippen molar-refractivity contribution in [1.29, 1.82) is 0 Å². The van der Waals surface area contributed by atoms with E-state index >= 15 is 0 Å². The van der Waals surface area contributed by atoms with Gasteiger partial charge in [-0.25, -0.2) is 4.98 Å². The van der Waals surface area contributed by atoms with E-state index in [4.69, 9.17) is 9.72 Å². The molecule has 1 fully saturated rings. The Morgan fingerprint density at radius 3 is 2.59 bits per heavy atom. The van der Waals surface area contributed by atoms with Crippen LogP contribution in [0.5, 0.6) is 5.75 Å². The van der Waals surface area contributed by atoms with Crippen LogP contribution in [-0.4, -0.2) is 25.9 Å². The standard InChI is InChI=1S/C22H23N3O3S/c1-14(2)12-25-18-6-4-3-5-17(18)23-20(25)13-28-16-9-7-15(8-10-16)11-19-21(26)24-22(27)29-19/h3-10,14,19H,11-13H2,1-2H3,(H,24,26,27). The topological polar surface area (TPSA) is 73.2 Å². The Hall–Kier alpha value is -2.80. The van der Waals surface area contributed by atoms with Crippen molar-refractivity contribution in [3.8, 4) is 5.75 Å². The number of carbonyl (C=O) groups excluding carboxylic acids is 2. The molecular formula is C22H23N3O3S. The van der Waals surface area contributed by atoms with E-state index < -0.39 is 0 Å². The molecule has 1 unspecified atom stereocenters. The molecule has 0 radical (unpaired) electrons. The highest BCUT2D eigenvalue weighted by molar-refractivity contribution is 8.15. The molecule has 1 aliphatic heterocycles. The van der Waals surface area contributed by atoms with Crippen molar-refractivity contribution < 1.29 is 14.3 Å². The molecular weight excluding hydrogens is 386 g/mol. The van der Waals surface area contributed by atoms with Crippen molar-refractivity contribution in [2.45, 2.75) is 38.7 Å². The van der Waals surface area contributed by atoms with E-state index in [9.17, 15) is 9.59 Å². The van der Waals surface area contributed by atoms with Crippen LogP contribution in [0.15, 0.2) is 48.5 Å². The van der Waals surface area contributed by atoms with Crippen LogP contribution in [-0.2, 0) is 24.4 Å². The summed E-state index contributed by atoms with van der Waals surface area (Å²) in [6.07, 6.45) is 0.521. The number of amides is 2. The van der Waals surface area contributed by atoms with E-state index in [2.05, 4.69) is 29.8 Å². The Morgan fingerprint density at radius 2 is 1.90 bits per heavy atom. The summed E-state index contributed by atoms with van der Waals surface area (Å²) in [5, 5.41) is 1.69. The van der Waals surface area contributed by atoms with E-state index in [-0.39, 0.29) is 16.4 Å². The van der Waals surface area contributed by atoms with Crippen LogP contribution in [0.1, 0.15) is 25.2 Å². The van der Waals surface area contributed by atoms with Gasteiger partial charge in [-0.1, -0.05) is 49.9 Å². The van der Waals surface area contributed by atoms with E-state index in [1.807, 2.05) is 42.5 Å². The van der Waals surface area contributed by atoms with Crippen molar-refractivity contribution in [3.63, 3.8) is 0 Å². The number of nitrogens with one attached hydrogen (secondary N) is 1. The summed E-state index contributed by atoms with van der Waals surface area (Å²) in [6, 6.07) is 15.8. The second-order valence-corrected chi connectivity index (χ2v) is 8.72. The molecule has 2 heterocycles. The number of hydrogen-bond donors (Lipinski definition) is 1. The lowest BCUT2D eigenvalue weighted by atomic mass is 10.1. The lowest BCUT2D eigenvalue weighted by Gasteiger charge is -2.13. The maximum Gasteiger partial charge on any atom is 0.286 e. The molecule has 6 nitrogen and oxygen atoms in total. The van der Waals surface area contributed by atoms with Crippen molar-refractivity contribution in [3.05, 3.63) is 59.9 Å². The summed E-state index contributed by atoms with van der Waals surface area (Å²) >= 11 is 1.05. The highest BCUT2D eigenvalue weighted by Crippen LogP contribution is 2.24. The summed E-state index contributed by atoms with van der Waals surface area (Å²) in [5.41, 5.74) is 3.09. The van der Waals surface area contributed by atoms with Crippen LogP contribution in [0, 0.1) is 5.92 Å². The van der Waals surface area contributed by atoms with Gasteiger partial charge in [0.1, 0.15) is 18.2 Å². The van der Waals surface area contributed by atoms with Gasteiger partial charge in [0.05, 0.1) is 16.3 Å². The number of imide groups is 1. The predicted octanol–water partition coefficient (Wildman–Crippen LogP) is 4.17. The first-order chi connectivity index (χ1) is 14.0. The smallest absolute Gasteiger partial charge is 0.286 e. The number of benzene rings is 2. The van der Waals surface area contributed by atoms with Gasteiger partial charge >= 0.3 is 0 Å². The van der Waals surface area contributed by atoms with E-state index in [0.717, 1.165) is 46.5 Å². The average Bonchev–Trinajstić information content (AvgIpc) is 3.20. The summed E-state index contributed by atoms with van der Waals surface area (Å²) in [5.74, 6) is 1.94. The van der Waals surface area contributed by atoms with Gasteiger partial charge in [0, 0.05) is 6.54 Å². The van der Waals surface area contributed by atoms with Gasteiger partial charge in [0.25, 0.3) is 5.24 Å². The first kappa shape index (κ1) is 19.5. The Bertz CT molecular complexity index is 1040. The molecule has 1 aliphatic rings. The van der Waals surface area contributed by atoms with Crippen LogP contribution in [0.3, 0.4) is 0 Å². The summed E-state index contributed by atoms with van der Waals surface area (Å²) in [6.45, 7) is 5.65. The summed E-state index contributed by atoms with van der Waals surface area (Å²) in [4.78, 5) is 27.7. The molecule has 2 aromatic carbocycles. The zero-order chi connectivity index (χ0) is 20.4. The van der Waals surface area contributed by atoms with Crippen LogP contribution in [0.4, 0.5) is 4.79 Å². The minimum Gasteiger partial charge on any atom is -0.486 e. The van der Waals surface area contributed by atoms with E-state index in [1.165, 1.54) is 0 Å². The Labute approximate surface area is 173 Å². The summed E-state index contributed by atoms with van der Waals surface area (Å²) in [7, 11) is 0. The van der Waals surface area contributed by atoms with Crippen molar-refractivity contribution in [2.24, 2.45) is 5.92 Å². The normalized spacial score (nSPS) is 16.6. The molecule has 150 valence electrons. The number of ether oxygens (including phenoxy) is 1. The molecule has 7 heteroatoms. The van der Waals surface area contributed by atoms with Crippen molar-refractivity contribution in [2.75, 3.05) is 0 Å². The van der Waals surface area contributed by atoms with Crippen molar-refractivity contribution >= 4 is 33.9 Å². The Kier molecular flexibility index (Phi) is 5.58. The number of rotatable bonds is 7. The quantitative estimate of drug-likeness (QED) is 0.634. The van der Waals surface area contributed by atoms with Crippen LogP contribution >= 0.6 is 11.8 Å². The van der Waals surface area contributed by atoms with Gasteiger partial charge in [0.2, 0.25) is 5.91 Å². The molecule has 1 atom stereocenters. The predicted molar refractivity (Wildman–Crippen MR) is 114 cm³/mol. The monoisotopic (exact) mass is 409 g/mol. The molecule has 1 N–H and O–H groups in total. The third-order valence-electron chi connectivity index (χ3n) is 4.76. The zero-order valence-electron chi connectivity index (χ0n) is 16.4. The van der Waals surface area contributed by atoms with Gasteiger partial charge in [-0.15, -0.1) is 0 Å². The molecule has 29 heavy (non-hydrogen) atoms. The number of imidazole rings is 1. The fourth-order valence-corrected chi connectivity index (χ4v) is 4.28. The molecule has 2 amide bonds. The average molecular weight is 410 g/mol. The maximum atomic E-state index is 11.7. The number of hydrogen-bond acceptors (Lipinski definition) is 5. The van der Waals surface area contributed by atoms with Crippen molar-refractivity contribution in [1.82, 2.24) is 14.9 Å². The van der Waals surface area contributed by atoms with Crippen LogP contribution in [0.2, 0.25) is 0 Å². The van der Waals surface area contributed by atoms with Crippen LogP contribution in [0.25, 0.3) is 11.0 Å². The highest BCUT2D eigenvalue weighted by atomic mass is 32.2. The minimum atomic E-state index is -0.356. The highest BCUT2D eigenvalue weighted by Gasteiger charge is 2.31. The van der Waals surface area contributed by atoms with Gasteiger partial charge < -0.3 is 9.30 Å². The fraction of sp³-hybridized carbons (Fsp3) is 0.318. The number of carbonyl (C=O) groups is 2. The minimum absolute atomic E-state index is 0.218. The fourth-order valence-electron chi connectivity index (χ4n) is 3.42. The maximum absolute atomic E-state index is 11.7. The first-order valence-electron chi connectivity index (χ1n) is 9.67. The Morgan fingerprint density at radius 1 is 1.14 bits per heavy atom. The molecule has 0 saturated carbocycles. The van der Waals surface area contributed by atoms with Crippen LogP contribution < -0.4 is 10.1 Å². The number of thioether (sulfide) groups is 1. The summed E-state index contributed by atoms with van der Waals surface area (Å²) < 4.78 is 8.21. The SMILES string of the molecule is CC(C)Cn1c(COc2ccc(CC3SC(=O)NC3=O)cc2)nc2ccccc21. The molecule has 0 bridgehead atoms. The molecule has 0 spiro atoms. The Balaban J connectivity index is 1.44. The number of fused-ring (bicyclic) bond motifs is 1. The number of nitrogens with zero attached hydrogens (tertiary/aromatic N) is 2. The second kappa shape index (κ2) is 8.29. The molecule has 1 aromatic heterocycles.